The Bertz CT molecular complexity index is 1020. The summed E-state index contributed by atoms with van der Waals surface area (Å²) >= 11 is 1.55. The summed E-state index contributed by atoms with van der Waals surface area (Å²) in [6, 6.07) is 5.69. The fourth-order valence-electron chi connectivity index (χ4n) is 3.85. The van der Waals surface area contributed by atoms with E-state index >= 15 is 0 Å². The predicted molar refractivity (Wildman–Crippen MR) is 109 cm³/mol. The smallest absolute Gasteiger partial charge is 0.241 e. The molecule has 0 unspecified atom stereocenters. The quantitative estimate of drug-likeness (QED) is 0.664. The van der Waals surface area contributed by atoms with E-state index in [0.717, 1.165) is 41.7 Å². The lowest BCUT2D eigenvalue weighted by atomic mass is 9.91. The van der Waals surface area contributed by atoms with Gasteiger partial charge in [0.25, 0.3) is 0 Å². The number of sulfonamides is 1. The van der Waals surface area contributed by atoms with Crippen LogP contribution >= 0.6 is 11.3 Å². The number of hydrogen-bond donors (Lipinski definition) is 1. The molecule has 1 N–H and O–H groups in total. The lowest BCUT2D eigenvalue weighted by Crippen LogP contribution is -2.39. The van der Waals surface area contributed by atoms with Gasteiger partial charge in [-0.25, -0.2) is 13.1 Å². The molecule has 1 fully saturated rings. The fourth-order valence-corrected chi connectivity index (χ4v) is 6.05. The van der Waals surface area contributed by atoms with Crippen molar-refractivity contribution >= 4 is 21.4 Å². The Balaban J connectivity index is 1.54. The van der Waals surface area contributed by atoms with Crippen LogP contribution in [0.5, 0.6) is 0 Å². The summed E-state index contributed by atoms with van der Waals surface area (Å²) in [7, 11) is -3.58. The molecule has 1 aliphatic rings. The monoisotopic (exact) mass is 417 g/mol. The van der Waals surface area contributed by atoms with Crippen molar-refractivity contribution in [2.45, 2.75) is 56.0 Å². The van der Waals surface area contributed by atoms with Gasteiger partial charge in [0, 0.05) is 18.3 Å². The van der Waals surface area contributed by atoms with Crippen LogP contribution in [0.2, 0.25) is 0 Å². The van der Waals surface area contributed by atoms with Crippen LogP contribution in [0.4, 0.5) is 0 Å². The summed E-state index contributed by atoms with van der Waals surface area (Å²) < 4.78 is 31.2. The van der Waals surface area contributed by atoms with Gasteiger partial charge in [-0.15, -0.1) is 21.5 Å². The maximum absolute atomic E-state index is 13.1. The summed E-state index contributed by atoms with van der Waals surface area (Å²) in [6.45, 7) is 1.98. The normalized spacial score (nSPS) is 20.3. The van der Waals surface area contributed by atoms with Crippen molar-refractivity contribution in [1.82, 2.24) is 24.5 Å². The third-order valence-corrected chi connectivity index (χ3v) is 7.72. The van der Waals surface area contributed by atoms with Crippen molar-refractivity contribution in [3.05, 3.63) is 48.1 Å². The molecule has 0 amide bonds. The van der Waals surface area contributed by atoms with Gasteiger partial charge in [-0.1, -0.05) is 13.0 Å². The predicted octanol–water partition coefficient (Wildman–Crippen LogP) is 3.43. The summed E-state index contributed by atoms with van der Waals surface area (Å²) in [5, 5.41) is 7.73. The molecule has 2 aromatic heterocycles. The molecule has 9 heteroatoms. The van der Waals surface area contributed by atoms with Gasteiger partial charge in [-0.05, 0) is 55.4 Å². The Kier molecular flexibility index (Phi) is 5.56. The van der Waals surface area contributed by atoms with Crippen molar-refractivity contribution in [1.29, 1.82) is 0 Å². The van der Waals surface area contributed by atoms with Gasteiger partial charge in [0.15, 0.2) is 0 Å². The summed E-state index contributed by atoms with van der Waals surface area (Å²) in [5.74, 6) is 0. The average molecular weight is 418 g/mol. The lowest BCUT2D eigenvalue weighted by Gasteiger charge is -2.30. The van der Waals surface area contributed by atoms with Crippen LogP contribution in [-0.2, 0) is 16.4 Å². The van der Waals surface area contributed by atoms with Crippen LogP contribution in [0.3, 0.4) is 0 Å². The first-order chi connectivity index (χ1) is 13.6. The highest BCUT2D eigenvalue weighted by Crippen LogP contribution is 2.31. The number of benzene rings is 1. The minimum absolute atomic E-state index is 0.0861. The van der Waals surface area contributed by atoms with Gasteiger partial charge in [-0.3, -0.25) is 4.98 Å². The third kappa shape index (κ3) is 4.01. The zero-order valence-electron chi connectivity index (χ0n) is 15.7. The zero-order valence-corrected chi connectivity index (χ0v) is 17.3. The van der Waals surface area contributed by atoms with Gasteiger partial charge in [0.2, 0.25) is 10.0 Å². The molecule has 1 aromatic carbocycles. The van der Waals surface area contributed by atoms with Crippen LogP contribution in [0.15, 0.2) is 47.5 Å². The van der Waals surface area contributed by atoms with E-state index in [2.05, 4.69) is 19.9 Å². The van der Waals surface area contributed by atoms with Crippen LogP contribution in [0.25, 0.3) is 10.4 Å². The molecule has 1 saturated carbocycles. The highest BCUT2D eigenvalue weighted by Gasteiger charge is 2.28. The molecule has 7 nitrogen and oxygen atoms in total. The molecule has 2 atom stereocenters. The van der Waals surface area contributed by atoms with Crippen molar-refractivity contribution in [2.24, 2.45) is 0 Å². The molecule has 4 rings (SSSR count). The van der Waals surface area contributed by atoms with Gasteiger partial charge in [0.05, 0.1) is 15.3 Å². The first-order valence-corrected chi connectivity index (χ1v) is 11.8. The molecular weight excluding hydrogens is 394 g/mol. The zero-order chi connectivity index (χ0) is 19.6. The number of nitrogens with one attached hydrogen (secondary N) is 1. The van der Waals surface area contributed by atoms with Gasteiger partial charge in [0.1, 0.15) is 12.7 Å². The minimum atomic E-state index is -3.58. The highest BCUT2D eigenvalue weighted by atomic mass is 32.2. The first kappa shape index (κ1) is 19.2. The summed E-state index contributed by atoms with van der Waals surface area (Å²) in [4.78, 5) is 5.52. The maximum Gasteiger partial charge on any atom is 0.241 e. The van der Waals surface area contributed by atoms with E-state index in [4.69, 9.17) is 0 Å². The van der Waals surface area contributed by atoms with E-state index in [9.17, 15) is 8.42 Å². The molecule has 0 saturated heterocycles. The number of nitrogens with zero attached hydrogens (tertiary/aromatic N) is 4. The topological polar surface area (TPSA) is 89.8 Å². The van der Waals surface area contributed by atoms with Crippen molar-refractivity contribution in [3.8, 4) is 10.4 Å². The van der Waals surface area contributed by atoms with E-state index in [1.54, 1.807) is 41.8 Å². The van der Waals surface area contributed by atoms with Gasteiger partial charge in [-0.2, -0.15) is 0 Å². The number of aromatic nitrogens is 4. The molecule has 28 heavy (non-hydrogen) atoms. The van der Waals surface area contributed by atoms with Crippen LogP contribution < -0.4 is 4.72 Å². The average Bonchev–Trinajstić information content (AvgIpc) is 3.41. The van der Waals surface area contributed by atoms with Crippen LogP contribution in [0, 0.1) is 0 Å². The Hall–Kier alpha value is -2.10. The van der Waals surface area contributed by atoms with E-state index < -0.39 is 10.0 Å². The Morgan fingerprint density at radius 2 is 2.07 bits per heavy atom. The molecule has 1 aliphatic carbocycles. The fraction of sp³-hybridized carbons (Fsp3) is 0.421. The molecule has 2 heterocycles. The minimum Gasteiger partial charge on any atom is -0.317 e. The van der Waals surface area contributed by atoms with Crippen LogP contribution in [-0.4, -0.2) is 34.2 Å². The van der Waals surface area contributed by atoms with Crippen molar-refractivity contribution in [3.63, 3.8) is 0 Å². The molecule has 0 bridgehead atoms. The van der Waals surface area contributed by atoms with E-state index in [1.807, 2.05) is 23.6 Å². The number of rotatable bonds is 6. The van der Waals surface area contributed by atoms with Gasteiger partial charge >= 0.3 is 0 Å². The molecule has 0 aliphatic heterocycles. The highest BCUT2D eigenvalue weighted by molar-refractivity contribution is 7.89. The van der Waals surface area contributed by atoms with E-state index in [-0.39, 0.29) is 12.1 Å². The Labute approximate surface area is 168 Å². The molecule has 148 valence electrons. The third-order valence-electron chi connectivity index (χ3n) is 5.27. The van der Waals surface area contributed by atoms with E-state index in [0.29, 0.717) is 11.3 Å². The second-order valence-corrected chi connectivity index (χ2v) is 9.66. The van der Waals surface area contributed by atoms with Crippen LogP contribution in [0.1, 0.15) is 44.2 Å². The Morgan fingerprint density at radius 3 is 2.79 bits per heavy atom. The largest absolute Gasteiger partial charge is 0.317 e. The molecular formula is C19H23N5O2S2. The standard InChI is InChI=1S/C19H23N5O2S2/c1-2-14-8-15(18-10-20-13-27-18)6-7-19(14)28(25,26)23-16-4-3-5-17(9-16)24-11-21-22-12-24/h6-8,10-13,16-17,23H,2-5,9H2,1H3/t16-,17+/m0/s1. The van der Waals surface area contributed by atoms with Gasteiger partial charge < -0.3 is 4.57 Å². The van der Waals surface area contributed by atoms with E-state index in [1.165, 1.54) is 0 Å². The molecule has 0 spiro atoms. The summed E-state index contributed by atoms with van der Waals surface area (Å²) in [5.41, 5.74) is 3.61. The first-order valence-electron chi connectivity index (χ1n) is 9.45. The number of thiazole rings is 1. The Morgan fingerprint density at radius 1 is 1.25 bits per heavy atom. The van der Waals surface area contributed by atoms with Crippen molar-refractivity contribution in [2.75, 3.05) is 0 Å². The second-order valence-electron chi connectivity index (χ2n) is 7.09. The lowest BCUT2D eigenvalue weighted by molar-refractivity contribution is 0.305. The number of aryl methyl sites for hydroxylation is 1. The molecule has 0 radical (unpaired) electrons. The number of hydrogen-bond acceptors (Lipinski definition) is 6. The second kappa shape index (κ2) is 8.10. The molecule has 3 aromatic rings. The summed E-state index contributed by atoms with van der Waals surface area (Å²) in [6.07, 6.45) is 9.44. The van der Waals surface area contributed by atoms with Crippen molar-refractivity contribution < 1.29 is 8.42 Å². The SMILES string of the molecule is CCc1cc(-c2cncs2)ccc1S(=O)(=O)N[C@H]1CCC[C@@H](n2cnnc2)C1. The maximum atomic E-state index is 13.1.